The highest BCUT2D eigenvalue weighted by atomic mass is 15.2. The van der Waals surface area contributed by atoms with Crippen molar-refractivity contribution in [3.63, 3.8) is 0 Å². The standard InChI is InChI=1S/C14H20N2/c1-11-13-4-7-16(8-5-13)14(11)9-12-3-2-6-15-10-12/h2-3,6,10-11,13-14H,4-5,7-9H2,1H3. The molecule has 16 heavy (non-hydrogen) atoms. The number of nitrogens with zero attached hydrogens (tertiary/aromatic N) is 2. The minimum absolute atomic E-state index is 0.761. The van der Waals surface area contributed by atoms with E-state index in [0.29, 0.717) is 0 Å². The van der Waals surface area contributed by atoms with Gasteiger partial charge in [0.25, 0.3) is 0 Å². The third kappa shape index (κ3) is 1.75. The Balaban J connectivity index is 1.75. The lowest BCUT2D eigenvalue weighted by Gasteiger charge is -2.50. The van der Waals surface area contributed by atoms with E-state index >= 15 is 0 Å². The number of fused-ring (bicyclic) bond motifs is 3. The first-order chi connectivity index (χ1) is 7.84. The summed E-state index contributed by atoms with van der Waals surface area (Å²) in [5.41, 5.74) is 1.40. The highest BCUT2D eigenvalue weighted by Gasteiger charge is 2.39. The fraction of sp³-hybridized carbons (Fsp3) is 0.643. The lowest BCUT2D eigenvalue weighted by molar-refractivity contribution is -0.00116. The molecule has 4 rings (SSSR count). The van der Waals surface area contributed by atoms with Crippen LogP contribution in [0.1, 0.15) is 25.3 Å². The summed E-state index contributed by atoms with van der Waals surface area (Å²) in [6.45, 7) is 5.08. The molecule has 0 N–H and O–H groups in total. The molecule has 3 aliphatic heterocycles. The van der Waals surface area contributed by atoms with Crippen molar-refractivity contribution in [2.75, 3.05) is 13.1 Å². The molecule has 2 bridgehead atoms. The van der Waals surface area contributed by atoms with E-state index in [2.05, 4.69) is 28.9 Å². The fourth-order valence-corrected chi connectivity index (χ4v) is 3.50. The highest BCUT2D eigenvalue weighted by molar-refractivity contribution is 5.12. The van der Waals surface area contributed by atoms with Gasteiger partial charge in [-0.3, -0.25) is 9.88 Å². The van der Waals surface area contributed by atoms with Gasteiger partial charge in [0.2, 0.25) is 0 Å². The monoisotopic (exact) mass is 216 g/mol. The molecule has 0 radical (unpaired) electrons. The fourth-order valence-electron chi connectivity index (χ4n) is 3.50. The maximum atomic E-state index is 4.22. The van der Waals surface area contributed by atoms with Crippen LogP contribution in [0.3, 0.4) is 0 Å². The van der Waals surface area contributed by atoms with Crippen molar-refractivity contribution in [1.82, 2.24) is 9.88 Å². The highest BCUT2D eigenvalue weighted by Crippen LogP contribution is 2.37. The molecule has 86 valence electrons. The Morgan fingerprint density at radius 1 is 1.38 bits per heavy atom. The van der Waals surface area contributed by atoms with E-state index in [1.165, 1.54) is 37.9 Å². The Kier molecular flexibility index (Phi) is 2.68. The molecule has 1 aromatic heterocycles. The third-order valence-corrected chi connectivity index (χ3v) is 4.56. The first-order valence-corrected chi connectivity index (χ1v) is 6.47. The van der Waals surface area contributed by atoms with Gasteiger partial charge in [0.1, 0.15) is 0 Å². The molecule has 2 atom stereocenters. The second-order valence-electron chi connectivity index (χ2n) is 5.37. The maximum Gasteiger partial charge on any atom is 0.0300 e. The Bertz CT molecular complexity index is 339. The van der Waals surface area contributed by atoms with Crippen molar-refractivity contribution in [2.24, 2.45) is 11.8 Å². The van der Waals surface area contributed by atoms with E-state index in [9.17, 15) is 0 Å². The van der Waals surface area contributed by atoms with Crippen LogP contribution in [0.5, 0.6) is 0 Å². The van der Waals surface area contributed by atoms with E-state index in [1.807, 2.05) is 12.4 Å². The summed E-state index contributed by atoms with van der Waals surface area (Å²) >= 11 is 0. The summed E-state index contributed by atoms with van der Waals surface area (Å²) in [4.78, 5) is 6.91. The Hall–Kier alpha value is -0.890. The summed E-state index contributed by atoms with van der Waals surface area (Å²) in [5.74, 6) is 1.84. The normalized spacial score (nSPS) is 37.6. The van der Waals surface area contributed by atoms with Gasteiger partial charge in [-0.1, -0.05) is 13.0 Å². The molecule has 3 saturated heterocycles. The Morgan fingerprint density at radius 3 is 2.81 bits per heavy atom. The molecule has 0 spiro atoms. The zero-order chi connectivity index (χ0) is 11.0. The van der Waals surface area contributed by atoms with E-state index in [-0.39, 0.29) is 0 Å². The first kappa shape index (κ1) is 10.3. The van der Waals surface area contributed by atoms with Crippen molar-refractivity contribution in [3.05, 3.63) is 30.1 Å². The number of piperidine rings is 3. The smallest absolute Gasteiger partial charge is 0.0300 e. The third-order valence-electron chi connectivity index (χ3n) is 4.56. The quantitative estimate of drug-likeness (QED) is 0.754. The number of aromatic nitrogens is 1. The van der Waals surface area contributed by atoms with E-state index in [0.717, 1.165) is 17.9 Å². The van der Waals surface area contributed by atoms with Crippen molar-refractivity contribution >= 4 is 0 Å². The second-order valence-corrected chi connectivity index (χ2v) is 5.37. The van der Waals surface area contributed by atoms with E-state index in [4.69, 9.17) is 0 Å². The van der Waals surface area contributed by atoms with Gasteiger partial charge < -0.3 is 0 Å². The molecule has 2 heteroatoms. The SMILES string of the molecule is CC1C2CCN(CC2)C1Cc1cccnc1. The van der Waals surface area contributed by atoms with Gasteiger partial charge >= 0.3 is 0 Å². The first-order valence-electron chi connectivity index (χ1n) is 6.47. The molecule has 3 fully saturated rings. The van der Waals surface area contributed by atoms with Crippen LogP contribution in [0.15, 0.2) is 24.5 Å². The van der Waals surface area contributed by atoms with Crippen LogP contribution in [0.4, 0.5) is 0 Å². The van der Waals surface area contributed by atoms with Gasteiger partial charge in [-0.15, -0.1) is 0 Å². The van der Waals surface area contributed by atoms with Gasteiger partial charge in [-0.2, -0.15) is 0 Å². The number of pyridine rings is 1. The van der Waals surface area contributed by atoms with E-state index in [1.54, 1.807) is 0 Å². The molecule has 2 unspecified atom stereocenters. The summed E-state index contributed by atoms with van der Waals surface area (Å²) in [7, 11) is 0. The molecule has 1 aromatic rings. The minimum atomic E-state index is 0.761. The zero-order valence-electron chi connectivity index (χ0n) is 9.97. The van der Waals surface area contributed by atoms with Gasteiger partial charge in [0.15, 0.2) is 0 Å². The predicted molar refractivity (Wildman–Crippen MR) is 65.2 cm³/mol. The van der Waals surface area contributed by atoms with E-state index < -0.39 is 0 Å². The topological polar surface area (TPSA) is 16.1 Å². The average Bonchev–Trinajstić information content (AvgIpc) is 2.36. The summed E-state index contributed by atoms with van der Waals surface area (Å²) in [5, 5.41) is 0. The minimum Gasteiger partial charge on any atom is -0.300 e. The van der Waals surface area contributed by atoms with Crippen LogP contribution < -0.4 is 0 Å². The number of hydrogen-bond acceptors (Lipinski definition) is 2. The van der Waals surface area contributed by atoms with Gasteiger partial charge in [0.05, 0.1) is 0 Å². The molecular formula is C14H20N2. The summed E-state index contributed by atoms with van der Waals surface area (Å²) in [6.07, 6.45) is 7.91. The molecule has 0 saturated carbocycles. The number of hydrogen-bond donors (Lipinski definition) is 0. The molecule has 0 amide bonds. The van der Waals surface area contributed by atoms with Crippen LogP contribution >= 0.6 is 0 Å². The molecule has 4 heterocycles. The van der Waals surface area contributed by atoms with Crippen molar-refractivity contribution in [2.45, 2.75) is 32.2 Å². The van der Waals surface area contributed by atoms with Crippen LogP contribution in [-0.2, 0) is 6.42 Å². The molecular weight excluding hydrogens is 196 g/mol. The van der Waals surface area contributed by atoms with Crippen LogP contribution in [0.25, 0.3) is 0 Å². The Labute approximate surface area is 97.7 Å². The molecule has 0 aliphatic carbocycles. The van der Waals surface area contributed by atoms with Crippen LogP contribution in [0.2, 0.25) is 0 Å². The zero-order valence-corrected chi connectivity index (χ0v) is 9.97. The lowest BCUT2D eigenvalue weighted by Crippen LogP contribution is -2.54. The summed E-state index contributed by atoms with van der Waals surface area (Å²) < 4.78 is 0. The van der Waals surface area contributed by atoms with Crippen LogP contribution in [-0.4, -0.2) is 29.0 Å². The largest absolute Gasteiger partial charge is 0.300 e. The van der Waals surface area contributed by atoms with Gasteiger partial charge in [-0.25, -0.2) is 0 Å². The van der Waals surface area contributed by atoms with Crippen molar-refractivity contribution in [3.8, 4) is 0 Å². The average molecular weight is 216 g/mol. The molecule has 0 aromatic carbocycles. The molecule has 3 aliphatic rings. The predicted octanol–water partition coefficient (Wildman–Crippen LogP) is 2.35. The maximum absolute atomic E-state index is 4.22. The Morgan fingerprint density at radius 2 is 2.19 bits per heavy atom. The van der Waals surface area contributed by atoms with Crippen molar-refractivity contribution < 1.29 is 0 Å². The van der Waals surface area contributed by atoms with Crippen LogP contribution in [0, 0.1) is 11.8 Å². The molecule has 2 nitrogen and oxygen atoms in total. The summed E-state index contributed by atoms with van der Waals surface area (Å²) in [6, 6.07) is 5.02. The van der Waals surface area contributed by atoms with Gasteiger partial charge in [0, 0.05) is 18.4 Å². The van der Waals surface area contributed by atoms with Gasteiger partial charge in [-0.05, 0) is 55.8 Å². The number of rotatable bonds is 2. The lowest BCUT2D eigenvalue weighted by atomic mass is 9.73. The second kappa shape index (κ2) is 4.17. The van der Waals surface area contributed by atoms with Crippen molar-refractivity contribution in [1.29, 1.82) is 0 Å².